The molecule has 0 saturated carbocycles. The normalized spacial score (nSPS) is 11.2. The van der Waals surface area contributed by atoms with Crippen LogP contribution in [-0.2, 0) is 13.2 Å². The van der Waals surface area contributed by atoms with E-state index in [0.29, 0.717) is 13.2 Å². The highest BCUT2D eigenvalue weighted by molar-refractivity contribution is 5.79. The number of pyridine rings is 1. The first-order valence-electron chi connectivity index (χ1n) is 8.95. The molecule has 0 spiro atoms. The SMILES string of the molecule is CCCCNC(=NCc1ccc(OCc2ccccn2)cc1)NCC. The van der Waals surface area contributed by atoms with Crippen LogP contribution in [0.2, 0.25) is 0 Å². The van der Waals surface area contributed by atoms with Crippen LogP contribution in [0.4, 0.5) is 0 Å². The highest BCUT2D eigenvalue weighted by Gasteiger charge is 1.99. The van der Waals surface area contributed by atoms with E-state index in [0.717, 1.165) is 42.5 Å². The van der Waals surface area contributed by atoms with Gasteiger partial charge in [-0.25, -0.2) is 4.99 Å². The van der Waals surface area contributed by atoms with Crippen molar-refractivity contribution in [2.75, 3.05) is 13.1 Å². The smallest absolute Gasteiger partial charge is 0.191 e. The molecule has 0 radical (unpaired) electrons. The summed E-state index contributed by atoms with van der Waals surface area (Å²) in [4.78, 5) is 8.87. The zero-order valence-electron chi connectivity index (χ0n) is 15.2. The lowest BCUT2D eigenvalue weighted by Crippen LogP contribution is -2.37. The molecule has 0 amide bonds. The second-order valence-electron chi connectivity index (χ2n) is 5.73. The van der Waals surface area contributed by atoms with Crippen LogP contribution in [-0.4, -0.2) is 24.0 Å². The summed E-state index contributed by atoms with van der Waals surface area (Å²) in [6, 6.07) is 13.9. The Bertz CT molecular complexity index is 626. The molecule has 5 nitrogen and oxygen atoms in total. The number of hydrogen-bond acceptors (Lipinski definition) is 3. The number of benzene rings is 1. The number of aromatic nitrogens is 1. The predicted molar refractivity (Wildman–Crippen MR) is 103 cm³/mol. The van der Waals surface area contributed by atoms with Crippen molar-refractivity contribution in [1.29, 1.82) is 0 Å². The molecule has 2 rings (SSSR count). The summed E-state index contributed by atoms with van der Waals surface area (Å²) >= 11 is 0. The van der Waals surface area contributed by atoms with Crippen molar-refractivity contribution in [3.63, 3.8) is 0 Å². The zero-order valence-corrected chi connectivity index (χ0v) is 15.2. The molecular weight excluding hydrogens is 312 g/mol. The van der Waals surface area contributed by atoms with Crippen molar-refractivity contribution < 1.29 is 4.74 Å². The summed E-state index contributed by atoms with van der Waals surface area (Å²) in [6.07, 6.45) is 4.09. The Hall–Kier alpha value is -2.56. The minimum absolute atomic E-state index is 0.476. The third kappa shape index (κ3) is 7.25. The van der Waals surface area contributed by atoms with Gasteiger partial charge in [0.15, 0.2) is 5.96 Å². The number of aliphatic imine (C=N–C) groups is 1. The molecule has 134 valence electrons. The molecule has 0 saturated heterocycles. The Balaban J connectivity index is 1.84. The van der Waals surface area contributed by atoms with Gasteiger partial charge >= 0.3 is 0 Å². The average molecular weight is 340 g/mol. The molecule has 0 aliphatic carbocycles. The van der Waals surface area contributed by atoms with Crippen molar-refractivity contribution in [3.05, 3.63) is 59.9 Å². The van der Waals surface area contributed by atoms with Gasteiger partial charge in [-0.2, -0.15) is 0 Å². The van der Waals surface area contributed by atoms with Gasteiger partial charge in [-0.3, -0.25) is 4.98 Å². The minimum Gasteiger partial charge on any atom is -0.487 e. The predicted octanol–water partition coefficient (Wildman–Crippen LogP) is 3.52. The van der Waals surface area contributed by atoms with Gasteiger partial charge in [-0.1, -0.05) is 31.5 Å². The molecular formula is C20H28N4O. The number of hydrogen-bond donors (Lipinski definition) is 2. The van der Waals surface area contributed by atoms with E-state index in [-0.39, 0.29) is 0 Å². The molecule has 1 aromatic heterocycles. The Kier molecular flexibility index (Phi) is 8.32. The molecule has 1 heterocycles. The number of ether oxygens (including phenoxy) is 1. The van der Waals surface area contributed by atoms with E-state index in [9.17, 15) is 0 Å². The zero-order chi connectivity index (χ0) is 17.7. The number of unbranched alkanes of at least 4 members (excludes halogenated alkanes) is 1. The molecule has 5 heteroatoms. The number of guanidine groups is 1. The van der Waals surface area contributed by atoms with Crippen molar-refractivity contribution in [1.82, 2.24) is 15.6 Å². The fraction of sp³-hybridized carbons (Fsp3) is 0.400. The standard InChI is InChI=1S/C20H28N4O/c1-3-5-13-23-20(21-4-2)24-15-17-9-11-19(12-10-17)25-16-18-8-6-7-14-22-18/h6-12,14H,3-5,13,15-16H2,1-2H3,(H2,21,23,24). The van der Waals surface area contributed by atoms with Crippen molar-refractivity contribution in [2.24, 2.45) is 4.99 Å². The topological polar surface area (TPSA) is 58.5 Å². The highest BCUT2D eigenvalue weighted by Crippen LogP contribution is 2.14. The van der Waals surface area contributed by atoms with Gasteiger partial charge in [-0.05, 0) is 43.2 Å². The first-order valence-corrected chi connectivity index (χ1v) is 8.95. The first kappa shape index (κ1) is 18.8. The number of nitrogens with zero attached hydrogens (tertiary/aromatic N) is 2. The Morgan fingerprint density at radius 2 is 1.92 bits per heavy atom. The lowest BCUT2D eigenvalue weighted by Gasteiger charge is -2.11. The van der Waals surface area contributed by atoms with Gasteiger partial charge in [0.2, 0.25) is 0 Å². The summed E-state index contributed by atoms with van der Waals surface area (Å²) in [5.74, 6) is 1.71. The van der Waals surface area contributed by atoms with Crippen LogP contribution in [0.25, 0.3) is 0 Å². The third-order valence-corrected chi connectivity index (χ3v) is 3.62. The Morgan fingerprint density at radius 1 is 1.08 bits per heavy atom. The second kappa shape index (κ2) is 11.1. The first-order chi connectivity index (χ1) is 12.3. The van der Waals surface area contributed by atoms with Crippen LogP contribution in [0.15, 0.2) is 53.7 Å². The Morgan fingerprint density at radius 3 is 2.60 bits per heavy atom. The van der Waals surface area contributed by atoms with Gasteiger partial charge in [0.05, 0.1) is 12.2 Å². The van der Waals surface area contributed by atoms with Gasteiger partial charge in [0, 0.05) is 19.3 Å². The molecule has 0 aliphatic heterocycles. The fourth-order valence-electron chi connectivity index (χ4n) is 2.23. The van der Waals surface area contributed by atoms with Crippen LogP contribution in [0.3, 0.4) is 0 Å². The monoisotopic (exact) mass is 340 g/mol. The van der Waals surface area contributed by atoms with Crippen molar-refractivity contribution >= 4 is 5.96 Å². The van der Waals surface area contributed by atoms with E-state index in [1.54, 1.807) is 6.20 Å². The van der Waals surface area contributed by atoms with E-state index in [4.69, 9.17) is 4.74 Å². The number of rotatable bonds is 9. The molecule has 25 heavy (non-hydrogen) atoms. The molecule has 0 unspecified atom stereocenters. The lowest BCUT2D eigenvalue weighted by molar-refractivity contribution is 0.301. The average Bonchev–Trinajstić information content (AvgIpc) is 2.66. The summed E-state index contributed by atoms with van der Waals surface area (Å²) in [5, 5.41) is 6.62. The van der Waals surface area contributed by atoms with E-state index < -0.39 is 0 Å². The second-order valence-corrected chi connectivity index (χ2v) is 5.73. The summed E-state index contributed by atoms with van der Waals surface area (Å²) < 4.78 is 5.75. The van der Waals surface area contributed by atoms with E-state index in [1.807, 2.05) is 42.5 Å². The number of nitrogens with one attached hydrogen (secondary N) is 2. The van der Waals surface area contributed by atoms with Crippen LogP contribution in [0.5, 0.6) is 5.75 Å². The molecule has 1 aromatic carbocycles. The van der Waals surface area contributed by atoms with Crippen LogP contribution in [0.1, 0.15) is 37.9 Å². The van der Waals surface area contributed by atoms with Gasteiger partial charge < -0.3 is 15.4 Å². The van der Waals surface area contributed by atoms with Crippen molar-refractivity contribution in [2.45, 2.75) is 39.8 Å². The largest absolute Gasteiger partial charge is 0.487 e. The summed E-state index contributed by atoms with van der Waals surface area (Å²) in [7, 11) is 0. The highest BCUT2D eigenvalue weighted by atomic mass is 16.5. The molecule has 0 fully saturated rings. The summed E-state index contributed by atoms with van der Waals surface area (Å²) in [5.41, 5.74) is 2.07. The Labute approximate surface area is 150 Å². The quantitative estimate of drug-likeness (QED) is 0.417. The van der Waals surface area contributed by atoms with E-state index in [2.05, 4.69) is 34.5 Å². The van der Waals surface area contributed by atoms with Gasteiger partial charge in [-0.15, -0.1) is 0 Å². The van der Waals surface area contributed by atoms with E-state index in [1.165, 1.54) is 6.42 Å². The van der Waals surface area contributed by atoms with Gasteiger partial charge in [0.1, 0.15) is 12.4 Å². The summed E-state index contributed by atoms with van der Waals surface area (Å²) in [6.45, 7) is 7.18. The minimum atomic E-state index is 0.476. The molecule has 0 atom stereocenters. The fourth-order valence-corrected chi connectivity index (χ4v) is 2.23. The van der Waals surface area contributed by atoms with Crippen LogP contribution >= 0.6 is 0 Å². The maximum absolute atomic E-state index is 5.75. The van der Waals surface area contributed by atoms with Crippen LogP contribution in [0, 0.1) is 0 Å². The molecule has 0 aliphatic rings. The molecule has 0 bridgehead atoms. The lowest BCUT2D eigenvalue weighted by atomic mass is 10.2. The van der Waals surface area contributed by atoms with Gasteiger partial charge in [0.25, 0.3) is 0 Å². The third-order valence-electron chi connectivity index (χ3n) is 3.62. The van der Waals surface area contributed by atoms with E-state index >= 15 is 0 Å². The van der Waals surface area contributed by atoms with Crippen molar-refractivity contribution in [3.8, 4) is 5.75 Å². The maximum Gasteiger partial charge on any atom is 0.191 e. The molecule has 2 aromatic rings. The maximum atomic E-state index is 5.75. The van der Waals surface area contributed by atoms with Crippen LogP contribution < -0.4 is 15.4 Å². The molecule has 2 N–H and O–H groups in total.